The molecule has 0 heterocycles. The van der Waals surface area contributed by atoms with E-state index >= 15 is 0 Å². The summed E-state index contributed by atoms with van der Waals surface area (Å²) in [6.07, 6.45) is 4.52. The van der Waals surface area contributed by atoms with E-state index in [0.29, 0.717) is 5.92 Å². The monoisotopic (exact) mass is 285 g/mol. The van der Waals surface area contributed by atoms with Crippen LogP contribution in [0.4, 0.5) is 4.39 Å². The van der Waals surface area contributed by atoms with Crippen LogP contribution in [0.2, 0.25) is 5.02 Å². The van der Waals surface area contributed by atoms with Crippen molar-refractivity contribution in [2.45, 2.75) is 52.5 Å². The number of hydrogen-bond acceptors (Lipinski definition) is 1. The molecule has 3 heteroatoms. The molecule has 0 saturated heterocycles. The van der Waals surface area contributed by atoms with Crippen LogP contribution in [-0.4, -0.2) is 6.54 Å². The molecule has 1 N–H and O–H groups in total. The van der Waals surface area contributed by atoms with Crippen LogP contribution in [0.1, 0.15) is 58.1 Å². The predicted octanol–water partition coefficient (Wildman–Crippen LogP) is 5.35. The van der Waals surface area contributed by atoms with Crippen LogP contribution < -0.4 is 5.32 Å². The third-order valence-corrected chi connectivity index (χ3v) is 4.00. The molecule has 1 aromatic carbocycles. The van der Waals surface area contributed by atoms with Gasteiger partial charge in [-0.2, -0.15) is 0 Å². The molecule has 0 aromatic heterocycles. The highest BCUT2D eigenvalue weighted by molar-refractivity contribution is 6.30. The van der Waals surface area contributed by atoms with Crippen LogP contribution in [0.15, 0.2) is 18.2 Å². The van der Waals surface area contributed by atoms with Crippen molar-refractivity contribution in [2.75, 3.05) is 6.54 Å². The van der Waals surface area contributed by atoms with Crippen LogP contribution in [0.3, 0.4) is 0 Å². The topological polar surface area (TPSA) is 12.0 Å². The van der Waals surface area contributed by atoms with E-state index in [0.717, 1.165) is 24.9 Å². The van der Waals surface area contributed by atoms with E-state index in [1.807, 2.05) is 6.07 Å². The van der Waals surface area contributed by atoms with E-state index in [9.17, 15) is 4.39 Å². The molecular weight excluding hydrogens is 261 g/mol. The fraction of sp³-hybridized carbons (Fsp3) is 0.625. The molecule has 1 unspecified atom stereocenters. The van der Waals surface area contributed by atoms with Crippen molar-refractivity contribution in [1.82, 2.24) is 5.32 Å². The van der Waals surface area contributed by atoms with Gasteiger partial charge in [0.1, 0.15) is 5.82 Å². The van der Waals surface area contributed by atoms with E-state index in [2.05, 4.69) is 26.1 Å². The summed E-state index contributed by atoms with van der Waals surface area (Å²) >= 11 is 5.89. The maximum atomic E-state index is 13.3. The van der Waals surface area contributed by atoms with Gasteiger partial charge in [-0.15, -0.1) is 0 Å². The first-order valence-corrected chi connectivity index (χ1v) is 7.68. The Balaban J connectivity index is 2.85. The van der Waals surface area contributed by atoms with Gasteiger partial charge in [0.2, 0.25) is 0 Å². The fourth-order valence-electron chi connectivity index (χ4n) is 2.34. The Bertz CT molecular complexity index is 377. The molecule has 0 radical (unpaired) electrons. The van der Waals surface area contributed by atoms with Gasteiger partial charge in [-0.1, -0.05) is 51.3 Å². The van der Waals surface area contributed by atoms with Gasteiger partial charge in [-0.05, 0) is 43.0 Å². The highest BCUT2D eigenvalue weighted by atomic mass is 35.5. The minimum absolute atomic E-state index is 0.213. The summed E-state index contributed by atoms with van der Waals surface area (Å²) < 4.78 is 13.3. The van der Waals surface area contributed by atoms with Crippen LogP contribution in [0.25, 0.3) is 0 Å². The molecule has 0 spiro atoms. The molecule has 1 nitrogen and oxygen atoms in total. The molecule has 0 fully saturated rings. The second kappa shape index (κ2) is 8.55. The van der Waals surface area contributed by atoms with Gasteiger partial charge < -0.3 is 5.32 Å². The van der Waals surface area contributed by atoms with Gasteiger partial charge in [0.05, 0.1) is 5.02 Å². The first kappa shape index (κ1) is 16.5. The SMILES string of the molecule is CCCNC(CC(CC)CC)c1ccc(F)c(Cl)c1. The Morgan fingerprint density at radius 2 is 1.89 bits per heavy atom. The number of halogens is 2. The highest BCUT2D eigenvalue weighted by Crippen LogP contribution is 2.28. The maximum absolute atomic E-state index is 13.3. The van der Waals surface area contributed by atoms with E-state index in [1.54, 1.807) is 6.07 Å². The summed E-state index contributed by atoms with van der Waals surface area (Å²) in [6, 6.07) is 5.33. The summed E-state index contributed by atoms with van der Waals surface area (Å²) in [5, 5.41) is 3.76. The minimum atomic E-state index is -0.345. The molecule has 1 rings (SSSR count). The second-order valence-corrected chi connectivity index (χ2v) is 5.51. The number of rotatable bonds is 8. The average molecular weight is 286 g/mol. The molecule has 0 saturated carbocycles. The lowest BCUT2D eigenvalue weighted by Gasteiger charge is -2.24. The van der Waals surface area contributed by atoms with E-state index < -0.39 is 0 Å². The van der Waals surface area contributed by atoms with Crippen molar-refractivity contribution in [2.24, 2.45) is 5.92 Å². The largest absolute Gasteiger partial charge is 0.310 e. The van der Waals surface area contributed by atoms with Crippen molar-refractivity contribution >= 4 is 11.6 Å². The predicted molar refractivity (Wildman–Crippen MR) is 81.1 cm³/mol. The van der Waals surface area contributed by atoms with Gasteiger partial charge in [0.25, 0.3) is 0 Å². The molecule has 0 aliphatic carbocycles. The summed E-state index contributed by atoms with van der Waals surface area (Å²) in [5.74, 6) is 0.348. The molecule has 19 heavy (non-hydrogen) atoms. The fourth-order valence-corrected chi connectivity index (χ4v) is 2.53. The first-order valence-electron chi connectivity index (χ1n) is 7.30. The normalized spacial score (nSPS) is 12.9. The van der Waals surface area contributed by atoms with Crippen molar-refractivity contribution < 1.29 is 4.39 Å². The van der Waals surface area contributed by atoms with Gasteiger partial charge in [0, 0.05) is 6.04 Å². The third kappa shape index (κ3) is 5.12. The van der Waals surface area contributed by atoms with E-state index in [4.69, 9.17) is 11.6 Å². The van der Waals surface area contributed by atoms with Gasteiger partial charge >= 0.3 is 0 Å². The summed E-state index contributed by atoms with van der Waals surface area (Å²) in [4.78, 5) is 0. The quantitative estimate of drug-likeness (QED) is 0.679. The standard InChI is InChI=1S/C16H25ClFN/c1-4-9-19-16(10-12(5-2)6-3)13-7-8-15(18)14(17)11-13/h7-8,11-12,16,19H,4-6,9-10H2,1-3H3. The first-order chi connectivity index (χ1) is 9.12. The molecule has 1 aromatic rings. The molecule has 0 amide bonds. The average Bonchev–Trinajstić information content (AvgIpc) is 2.42. The highest BCUT2D eigenvalue weighted by Gasteiger charge is 2.16. The number of hydrogen-bond donors (Lipinski definition) is 1. The van der Waals surface area contributed by atoms with Crippen LogP contribution in [-0.2, 0) is 0 Å². The summed E-state index contributed by atoms with van der Waals surface area (Å²) in [5.41, 5.74) is 1.09. The van der Waals surface area contributed by atoms with Crippen molar-refractivity contribution in [3.8, 4) is 0 Å². The van der Waals surface area contributed by atoms with Crippen LogP contribution in [0, 0.1) is 11.7 Å². The third-order valence-electron chi connectivity index (χ3n) is 3.71. The minimum Gasteiger partial charge on any atom is -0.310 e. The number of benzene rings is 1. The Kier molecular flexibility index (Phi) is 7.40. The Hall–Kier alpha value is -0.600. The molecule has 0 aliphatic heterocycles. The molecule has 1 atom stereocenters. The van der Waals surface area contributed by atoms with Gasteiger partial charge in [-0.25, -0.2) is 4.39 Å². The lowest BCUT2D eigenvalue weighted by atomic mass is 9.91. The van der Waals surface area contributed by atoms with Gasteiger partial charge in [0.15, 0.2) is 0 Å². The zero-order valence-corrected chi connectivity index (χ0v) is 12.9. The van der Waals surface area contributed by atoms with Crippen molar-refractivity contribution in [1.29, 1.82) is 0 Å². The zero-order chi connectivity index (χ0) is 14.3. The van der Waals surface area contributed by atoms with Crippen LogP contribution in [0.5, 0.6) is 0 Å². The zero-order valence-electron chi connectivity index (χ0n) is 12.2. The Labute approximate surface area is 121 Å². The Morgan fingerprint density at radius 1 is 1.21 bits per heavy atom. The van der Waals surface area contributed by atoms with E-state index in [1.165, 1.54) is 18.9 Å². The second-order valence-electron chi connectivity index (χ2n) is 5.10. The maximum Gasteiger partial charge on any atom is 0.141 e. The lowest BCUT2D eigenvalue weighted by molar-refractivity contribution is 0.371. The van der Waals surface area contributed by atoms with Gasteiger partial charge in [-0.3, -0.25) is 0 Å². The molecule has 0 aliphatic rings. The van der Waals surface area contributed by atoms with Crippen molar-refractivity contribution in [3.05, 3.63) is 34.6 Å². The molecule has 108 valence electrons. The Morgan fingerprint density at radius 3 is 2.42 bits per heavy atom. The van der Waals surface area contributed by atoms with Crippen LogP contribution >= 0.6 is 11.6 Å². The molecule has 0 bridgehead atoms. The van der Waals surface area contributed by atoms with E-state index in [-0.39, 0.29) is 16.9 Å². The molecular formula is C16H25ClFN. The smallest absolute Gasteiger partial charge is 0.141 e. The van der Waals surface area contributed by atoms with Crippen molar-refractivity contribution in [3.63, 3.8) is 0 Å². The number of nitrogens with one attached hydrogen (secondary N) is 1. The summed E-state index contributed by atoms with van der Waals surface area (Å²) in [6.45, 7) is 7.57. The lowest BCUT2D eigenvalue weighted by Crippen LogP contribution is -2.24. The summed E-state index contributed by atoms with van der Waals surface area (Å²) in [7, 11) is 0.